The summed E-state index contributed by atoms with van der Waals surface area (Å²) in [6.45, 7) is 1.99. The van der Waals surface area contributed by atoms with Gasteiger partial charge in [0, 0.05) is 53.9 Å². The Hall–Kier alpha value is -5.11. The van der Waals surface area contributed by atoms with Crippen LogP contribution in [-0.2, 0) is 4.79 Å². The Morgan fingerprint density at radius 1 is 0.929 bits per heavy atom. The predicted molar refractivity (Wildman–Crippen MR) is 164 cm³/mol. The molecule has 7 rings (SSSR count). The average Bonchev–Trinajstić information content (AvgIpc) is 3.38. The summed E-state index contributed by atoms with van der Waals surface area (Å²) < 4.78 is 2.17. The van der Waals surface area contributed by atoms with E-state index in [0.29, 0.717) is 18.4 Å². The third-order valence-corrected chi connectivity index (χ3v) is 8.43. The van der Waals surface area contributed by atoms with Crippen molar-refractivity contribution >= 4 is 44.5 Å². The maximum Gasteiger partial charge on any atom is 0.253 e. The summed E-state index contributed by atoms with van der Waals surface area (Å²) in [5, 5.41) is 9.07. The minimum Gasteiger partial charge on any atom is -0.359 e. The minimum atomic E-state index is -0.225. The van der Waals surface area contributed by atoms with Gasteiger partial charge in [-0.15, -0.1) is 0 Å². The Bertz CT molecular complexity index is 1990. The van der Waals surface area contributed by atoms with Gasteiger partial charge in [0.2, 0.25) is 5.91 Å². The fourth-order valence-corrected chi connectivity index (χ4v) is 6.11. The van der Waals surface area contributed by atoms with Gasteiger partial charge in [0.1, 0.15) is 5.82 Å². The standard InChI is InChI=1S/C34H30N6O2/c1-20(21-12-13-29-22(15-21)8-6-14-37-29)38-34(42)27-10-5-11-30-31(27)40(25-16-24(17-25)33(41)35-2)32(39-30)28-19-36-18-23-7-3-4-9-26(23)28/h3-15,18-20,24-25H,16-17H2,1-2H3,(H,35,41)(H,38,42)/t20-,24?,25?/m0/s1. The van der Waals surface area contributed by atoms with Crippen LogP contribution >= 0.6 is 0 Å². The number of hydrogen-bond donors (Lipinski definition) is 2. The van der Waals surface area contributed by atoms with E-state index in [1.165, 1.54) is 0 Å². The fraction of sp³-hybridized carbons (Fsp3) is 0.206. The number of carbonyl (C=O) groups excluding carboxylic acids is 2. The lowest BCUT2D eigenvalue weighted by Gasteiger charge is -2.36. The van der Waals surface area contributed by atoms with Crippen LogP contribution < -0.4 is 10.6 Å². The molecule has 1 fully saturated rings. The van der Waals surface area contributed by atoms with Crippen LogP contribution in [0.15, 0.2) is 91.4 Å². The van der Waals surface area contributed by atoms with Crippen molar-refractivity contribution in [3.63, 3.8) is 0 Å². The zero-order valence-electron chi connectivity index (χ0n) is 23.4. The maximum absolute atomic E-state index is 13.9. The van der Waals surface area contributed by atoms with E-state index in [4.69, 9.17) is 4.98 Å². The molecule has 0 aliphatic heterocycles. The van der Waals surface area contributed by atoms with Crippen molar-refractivity contribution < 1.29 is 9.59 Å². The first-order chi connectivity index (χ1) is 20.5. The van der Waals surface area contributed by atoms with Gasteiger partial charge in [-0.25, -0.2) is 4.98 Å². The summed E-state index contributed by atoms with van der Waals surface area (Å²) in [6, 6.07) is 23.6. The number of para-hydroxylation sites is 1. The monoisotopic (exact) mass is 554 g/mol. The molecular weight excluding hydrogens is 524 g/mol. The molecule has 1 saturated carbocycles. The molecule has 1 aliphatic rings. The molecule has 0 spiro atoms. The largest absolute Gasteiger partial charge is 0.359 e. The molecular formula is C34H30N6O2. The molecule has 8 heteroatoms. The molecule has 8 nitrogen and oxygen atoms in total. The van der Waals surface area contributed by atoms with E-state index in [9.17, 15) is 9.59 Å². The zero-order valence-corrected chi connectivity index (χ0v) is 23.4. The van der Waals surface area contributed by atoms with Crippen LogP contribution in [0.4, 0.5) is 0 Å². The van der Waals surface area contributed by atoms with E-state index < -0.39 is 0 Å². The lowest BCUT2D eigenvalue weighted by Crippen LogP contribution is -2.38. The van der Waals surface area contributed by atoms with Crippen molar-refractivity contribution in [3.05, 3.63) is 103 Å². The van der Waals surface area contributed by atoms with E-state index in [-0.39, 0.29) is 29.8 Å². The first kappa shape index (κ1) is 25.8. The number of rotatable bonds is 6. The van der Waals surface area contributed by atoms with Crippen LogP contribution in [0.25, 0.3) is 44.1 Å². The Kier molecular flexibility index (Phi) is 6.38. The highest BCUT2D eigenvalue weighted by atomic mass is 16.2. The van der Waals surface area contributed by atoms with Gasteiger partial charge in [0.05, 0.1) is 28.2 Å². The van der Waals surface area contributed by atoms with E-state index in [1.807, 2.05) is 80.0 Å². The highest BCUT2D eigenvalue weighted by Crippen LogP contribution is 2.44. The molecule has 0 bridgehead atoms. The third kappa shape index (κ3) is 4.36. The summed E-state index contributed by atoms with van der Waals surface area (Å²) in [4.78, 5) is 40.3. The van der Waals surface area contributed by atoms with Gasteiger partial charge in [0.15, 0.2) is 0 Å². The number of carbonyl (C=O) groups is 2. The van der Waals surface area contributed by atoms with Crippen molar-refractivity contribution in [2.75, 3.05) is 7.05 Å². The number of amides is 2. The number of fused-ring (bicyclic) bond motifs is 3. The molecule has 0 unspecified atom stereocenters. The van der Waals surface area contributed by atoms with Crippen LogP contribution in [0.1, 0.15) is 47.8 Å². The van der Waals surface area contributed by atoms with Gasteiger partial charge < -0.3 is 15.2 Å². The van der Waals surface area contributed by atoms with Gasteiger partial charge in [-0.05, 0) is 61.0 Å². The third-order valence-electron chi connectivity index (χ3n) is 8.43. The smallest absolute Gasteiger partial charge is 0.253 e. The summed E-state index contributed by atoms with van der Waals surface area (Å²) in [7, 11) is 1.67. The Morgan fingerprint density at radius 2 is 1.76 bits per heavy atom. The number of benzene rings is 3. The first-order valence-corrected chi connectivity index (χ1v) is 14.2. The predicted octanol–water partition coefficient (Wildman–Crippen LogP) is 5.99. The van der Waals surface area contributed by atoms with Crippen molar-refractivity contribution in [1.29, 1.82) is 0 Å². The minimum absolute atomic E-state index is 0.0191. The SMILES string of the molecule is CNC(=O)C1CC(n2c(-c3cncc4ccccc34)nc3cccc(C(=O)N[C@@H](C)c4ccc5ncccc5c4)c32)C1. The number of nitrogens with zero attached hydrogens (tertiary/aromatic N) is 4. The molecule has 0 saturated heterocycles. The zero-order chi connectivity index (χ0) is 28.8. The Morgan fingerprint density at radius 3 is 2.62 bits per heavy atom. The molecule has 3 heterocycles. The van der Waals surface area contributed by atoms with Gasteiger partial charge >= 0.3 is 0 Å². The second kappa shape index (κ2) is 10.4. The number of aromatic nitrogens is 4. The normalized spacial score (nSPS) is 17.2. The molecule has 42 heavy (non-hydrogen) atoms. The maximum atomic E-state index is 13.9. The molecule has 208 valence electrons. The molecule has 0 radical (unpaired) electrons. The average molecular weight is 555 g/mol. The molecule has 2 amide bonds. The number of hydrogen-bond acceptors (Lipinski definition) is 5. The van der Waals surface area contributed by atoms with Crippen LogP contribution in [0.5, 0.6) is 0 Å². The number of nitrogens with one attached hydrogen (secondary N) is 2. The highest BCUT2D eigenvalue weighted by molar-refractivity contribution is 6.07. The van der Waals surface area contributed by atoms with Gasteiger partial charge in [0.25, 0.3) is 5.91 Å². The summed E-state index contributed by atoms with van der Waals surface area (Å²) >= 11 is 0. The number of pyridine rings is 2. The van der Waals surface area contributed by atoms with Gasteiger partial charge in [-0.1, -0.05) is 42.5 Å². The first-order valence-electron chi connectivity index (χ1n) is 14.2. The van der Waals surface area contributed by atoms with E-state index >= 15 is 0 Å². The summed E-state index contributed by atoms with van der Waals surface area (Å²) in [5.74, 6) is 0.552. The van der Waals surface area contributed by atoms with E-state index in [2.05, 4.69) is 37.3 Å². The lowest BCUT2D eigenvalue weighted by molar-refractivity contribution is -0.128. The molecule has 1 aliphatic carbocycles. The van der Waals surface area contributed by atoms with Crippen molar-refractivity contribution in [3.8, 4) is 11.4 Å². The van der Waals surface area contributed by atoms with Crippen LogP contribution in [0, 0.1) is 5.92 Å². The van der Waals surface area contributed by atoms with Crippen molar-refractivity contribution in [2.45, 2.75) is 31.8 Å². The highest BCUT2D eigenvalue weighted by Gasteiger charge is 2.38. The summed E-state index contributed by atoms with van der Waals surface area (Å²) in [5.41, 5.74) is 4.87. The summed E-state index contributed by atoms with van der Waals surface area (Å²) in [6.07, 6.45) is 6.81. The van der Waals surface area contributed by atoms with Gasteiger partial charge in [-0.3, -0.25) is 19.6 Å². The Balaban J connectivity index is 1.32. The van der Waals surface area contributed by atoms with Crippen LogP contribution in [0.3, 0.4) is 0 Å². The molecule has 1 atom stereocenters. The number of imidazole rings is 1. The van der Waals surface area contributed by atoms with E-state index in [1.54, 1.807) is 13.2 Å². The van der Waals surface area contributed by atoms with E-state index in [0.717, 1.165) is 49.7 Å². The Labute approximate surface area is 242 Å². The van der Waals surface area contributed by atoms with Gasteiger partial charge in [-0.2, -0.15) is 0 Å². The fourth-order valence-electron chi connectivity index (χ4n) is 6.11. The lowest BCUT2D eigenvalue weighted by atomic mass is 9.79. The van der Waals surface area contributed by atoms with Crippen LogP contribution in [-0.4, -0.2) is 38.4 Å². The molecule has 6 aromatic rings. The molecule has 3 aromatic heterocycles. The van der Waals surface area contributed by atoms with Crippen molar-refractivity contribution in [2.24, 2.45) is 5.92 Å². The quantitative estimate of drug-likeness (QED) is 0.263. The van der Waals surface area contributed by atoms with Crippen LogP contribution in [0.2, 0.25) is 0 Å². The second-order valence-electron chi connectivity index (χ2n) is 11.0. The van der Waals surface area contributed by atoms with Crippen molar-refractivity contribution in [1.82, 2.24) is 30.2 Å². The topological polar surface area (TPSA) is 102 Å². The second-order valence-corrected chi connectivity index (χ2v) is 11.0. The molecule has 2 N–H and O–H groups in total. The molecule has 3 aromatic carbocycles.